The van der Waals surface area contributed by atoms with Gasteiger partial charge in [-0.3, -0.25) is 61.6 Å². The molecule has 12 atom stereocenters. The van der Waals surface area contributed by atoms with Crippen molar-refractivity contribution in [2.75, 3.05) is 49.5 Å². The average molecular weight is 1180 g/mol. The van der Waals surface area contributed by atoms with Crippen LogP contribution in [0.3, 0.4) is 0 Å². The van der Waals surface area contributed by atoms with E-state index in [4.69, 9.17) is 38.0 Å². The molecule has 8 N–H and O–H groups in total. The lowest BCUT2D eigenvalue weighted by Crippen LogP contribution is -2.45. The van der Waals surface area contributed by atoms with E-state index in [1.165, 1.54) is 27.9 Å². The minimum Gasteiger partial charge on any atom is -0.444 e. The summed E-state index contributed by atoms with van der Waals surface area (Å²) in [6.45, 7) is 10.5. The van der Waals surface area contributed by atoms with Gasteiger partial charge in [0.2, 0.25) is 17.8 Å². The number of Topliss-reactive ketones (excluding diaryl/α,β-unsaturated/α-hetero) is 1. The van der Waals surface area contributed by atoms with Crippen molar-refractivity contribution in [3.05, 3.63) is 83.6 Å². The van der Waals surface area contributed by atoms with Crippen molar-refractivity contribution in [1.29, 1.82) is 0 Å². The van der Waals surface area contributed by atoms with Gasteiger partial charge in [-0.25, -0.2) is 24.7 Å². The molecule has 4 aliphatic rings. The smallest absolute Gasteiger partial charge is 0.413 e. The van der Waals surface area contributed by atoms with Gasteiger partial charge in [0.15, 0.2) is 46.4 Å². The highest BCUT2D eigenvalue weighted by atomic mass is 31.2. The molecular formula is C50H63N13O17P2. The number of carbonyl (C=O) groups excluding carboxylic acids is 5. The maximum atomic E-state index is 14.1. The Morgan fingerprint density at radius 1 is 0.841 bits per heavy atom. The van der Waals surface area contributed by atoms with E-state index < -0.39 is 107 Å². The second-order valence-corrected chi connectivity index (χ2v) is 24.6. The first kappa shape index (κ1) is 59.5. The van der Waals surface area contributed by atoms with E-state index in [0.717, 1.165) is 19.7 Å². The number of nitrogens with one attached hydrogen (secondary N) is 4. The molecule has 0 saturated carbocycles. The Labute approximate surface area is 467 Å². The number of fused-ring (bicyclic) bond motifs is 5. The molecule has 3 fully saturated rings. The zero-order valence-corrected chi connectivity index (χ0v) is 47.0. The Hall–Kier alpha value is -7.11. The summed E-state index contributed by atoms with van der Waals surface area (Å²) in [6, 6.07) is 5.68. The van der Waals surface area contributed by atoms with Crippen LogP contribution in [0.15, 0.2) is 72.5 Å². The first-order valence-electron chi connectivity index (χ1n) is 26.2. The molecule has 4 amide bonds. The van der Waals surface area contributed by atoms with Gasteiger partial charge in [0.1, 0.15) is 49.6 Å². The largest absolute Gasteiger partial charge is 0.444 e. The molecule has 0 aliphatic carbocycles. The number of nitrogens with zero attached hydrogens (tertiary/aromatic N) is 8. The third kappa shape index (κ3) is 13.5. The van der Waals surface area contributed by atoms with Crippen LogP contribution >= 0.6 is 15.2 Å². The number of benzene rings is 1. The first-order chi connectivity index (χ1) is 39.0. The van der Waals surface area contributed by atoms with Gasteiger partial charge in [-0.2, -0.15) is 4.98 Å². The summed E-state index contributed by atoms with van der Waals surface area (Å²) in [7, 11) is -8.37. The summed E-state index contributed by atoms with van der Waals surface area (Å²) in [6.07, 6.45) is -3.56. The number of hydrogen-bond donors (Lipinski definition) is 7. The van der Waals surface area contributed by atoms with Crippen molar-refractivity contribution in [1.82, 2.24) is 49.3 Å². The lowest BCUT2D eigenvalue weighted by molar-refractivity contribution is -0.130. The summed E-state index contributed by atoms with van der Waals surface area (Å²) in [4.78, 5) is 102. The van der Waals surface area contributed by atoms with Gasteiger partial charge in [-0.15, -0.1) is 0 Å². The number of aliphatic hydroxyl groups excluding tert-OH is 2. The molecule has 3 saturated heterocycles. The minimum absolute atomic E-state index is 0.0415. The molecule has 82 heavy (non-hydrogen) atoms. The number of ketones is 1. The fourth-order valence-electron chi connectivity index (χ4n) is 9.68. The maximum Gasteiger partial charge on any atom is 0.413 e. The van der Waals surface area contributed by atoms with Crippen LogP contribution in [0.5, 0.6) is 0 Å². The quantitative estimate of drug-likeness (QED) is 0.0488. The van der Waals surface area contributed by atoms with Crippen LogP contribution in [0.2, 0.25) is 0 Å². The van der Waals surface area contributed by atoms with E-state index in [0.29, 0.717) is 42.8 Å². The highest BCUT2D eigenvalue weighted by Crippen LogP contribution is 2.54. The SMILES string of the molecule is C=C1C=CC(=O)N1CCCCCC(=O)NC(C(=O)C[C@@H](C)C(=O)Nc1ccc(COC(=O)Nc2ncnc3c2ncn3[C@@H]2O[C@@H]3COP(C)(=O)OC4[C@@H](COP(C)(=O)O[C@H]2C3O)O[C@@H](n2cnc3c(=O)[nH]c(N)nc32)[C@H]4O)cc1)C(C)C. The van der Waals surface area contributed by atoms with E-state index in [1.54, 1.807) is 42.2 Å². The number of unbranched alkanes of at least 4 members (excludes halogenated alkanes) is 2. The number of aromatic amines is 1. The second-order valence-electron chi connectivity index (χ2n) is 20.6. The molecule has 4 aliphatic heterocycles. The van der Waals surface area contributed by atoms with E-state index >= 15 is 0 Å². The Morgan fingerprint density at radius 3 is 2.21 bits per heavy atom. The molecule has 2 bridgehead atoms. The standard InChI is InChI=1S/C50H63N13O17P2/c1-25(2)35(57-33(65)10-8-7-9-17-61-27(4)11-16-34(61)66)30(64)18-26(3)45(69)56-29-14-12-28(13-15-29)19-74-50(71)58-42-36-43(53-22-52-42)62(23-54-36)48-41-38(67)31(77-48)20-75-81(5,72)79-40-32(21-76-82(6,73)80-41)78-47(39(40)68)63-24-55-37-44(63)59-49(51)60-46(37)70/h11-16,22-26,31-32,35,38-41,47-48,67-68H,4,7-10,17-21H2,1-3,5-6H3,(H,56,69)(H,57,65)(H3,51,59,60,70)(H,52,53,58,71)/t26-,31-,32-,35?,38?,39+,40?,41+,47-,48-,81?,82?/m1/s1. The fourth-order valence-corrected chi connectivity index (χ4v) is 12.0. The van der Waals surface area contributed by atoms with Crippen molar-refractivity contribution >= 4 is 84.6 Å². The molecule has 5 aromatic rings. The number of imidazole rings is 2. The maximum absolute atomic E-state index is 14.1. The molecule has 32 heteroatoms. The number of H-pyrrole nitrogens is 1. The van der Waals surface area contributed by atoms with E-state index in [2.05, 4.69) is 52.4 Å². The van der Waals surface area contributed by atoms with Gasteiger partial charge in [0, 0.05) is 56.1 Å². The lowest BCUT2D eigenvalue weighted by atomic mass is 9.92. The highest BCUT2D eigenvalue weighted by molar-refractivity contribution is 7.53. The molecule has 0 radical (unpaired) electrons. The Bertz CT molecular complexity index is 3430. The van der Waals surface area contributed by atoms with E-state index in [1.807, 2.05) is 13.8 Å². The number of hydrogen-bond acceptors (Lipinski definition) is 23. The molecule has 8 heterocycles. The van der Waals surface area contributed by atoms with Crippen LogP contribution in [0, 0.1) is 11.8 Å². The van der Waals surface area contributed by atoms with Crippen LogP contribution in [0.25, 0.3) is 22.3 Å². The summed E-state index contributed by atoms with van der Waals surface area (Å²) in [5.41, 5.74) is 6.67. The summed E-state index contributed by atoms with van der Waals surface area (Å²) >= 11 is 0. The lowest BCUT2D eigenvalue weighted by Gasteiger charge is -2.27. The van der Waals surface area contributed by atoms with E-state index in [-0.39, 0.29) is 77.1 Å². The van der Waals surface area contributed by atoms with Gasteiger partial charge in [-0.05, 0) is 42.5 Å². The number of nitrogen functional groups attached to an aromatic ring is 1. The number of carbonyl (C=O) groups is 5. The minimum atomic E-state index is -4.22. The van der Waals surface area contributed by atoms with Crippen molar-refractivity contribution in [3.8, 4) is 0 Å². The van der Waals surface area contributed by atoms with Crippen molar-refractivity contribution in [2.45, 2.75) is 115 Å². The summed E-state index contributed by atoms with van der Waals surface area (Å²) in [5, 5.41) is 31.2. The van der Waals surface area contributed by atoms with Crippen LogP contribution in [-0.4, -0.2) is 160 Å². The average Bonchev–Trinajstić information content (AvgIpc) is 3.02. The topological polar surface area (TPSA) is 397 Å². The molecule has 9 rings (SSSR count). The molecule has 4 aromatic heterocycles. The number of aliphatic hydroxyl groups is 2. The zero-order chi connectivity index (χ0) is 58.8. The number of amides is 4. The van der Waals surface area contributed by atoms with Gasteiger partial charge in [-0.1, -0.05) is 45.9 Å². The number of ether oxygens (including phenoxy) is 3. The van der Waals surface area contributed by atoms with Crippen molar-refractivity contribution in [2.24, 2.45) is 11.8 Å². The normalized spacial score (nSPS) is 27.4. The molecule has 30 nitrogen and oxygen atoms in total. The number of aromatic nitrogens is 8. The molecule has 1 aromatic carbocycles. The molecular weight excluding hydrogens is 1120 g/mol. The fraction of sp³-hybridized carbons (Fsp3) is 0.500. The van der Waals surface area contributed by atoms with Crippen LogP contribution in [-0.2, 0) is 67.2 Å². The molecule has 440 valence electrons. The second kappa shape index (κ2) is 24.8. The van der Waals surface area contributed by atoms with Gasteiger partial charge >= 0.3 is 21.3 Å². The Balaban J connectivity index is 0.772. The summed E-state index contributed by atoms with van der Waals surface area (Å²) in [5.74, 6) is -2.33. The number of rotatable bonds is 18. The molecule has 0 spiro atoms. The van der Waals surface area contributed by atoms with Crippen LogP contribution < -0.4 is 27.2 Å². The van der Waals surface area contributed by atoms with E-state index in [9.17, 15) is 48.1 Å². The predicted octanol–water partition coefficient (Wildman–Crippen LogP) is 3.42. The number of nitrogens with two attached hydrogens (primary N) is 1. The molecule has 5 unspecified atom stereocenters. The third-order valence-electron chi connectivity index (χ3n) is 14.0. The number of allylic oxidation sites excluding steroid dienone is 1. The third-order valence-corrected chi connectivity index (χ3v) is 16.5. The monoisotopic (exact) mass is 1180 g/mol. The summed E-state index contributed by atoms with van der Waals surface area (Å²) < 4.78 is 71.6. The zero-order valence-electron chi connectivity index (χ0n) is 45.2. The Kier molecular flexibility index (Phi) is 18.0. The van der Waals surface area contributed by atoms with Crippen LogP contribution in [0.4, 0.5) is 22.2 Å². The predicted molar refractivity (Wildman–Crippen MR) is 289 cm³/mol. The van der Waals surface area contributed by atoms with Gasteiger partial charge in [0.05, 0.1) is 31.9 Å². The van der Waals surface area contributed by atoms with Gasteiger partial charge in [0.25, 0.3) is 11.5 Å². The van der Waals surface area contributed by atoms with Crippen molar-refractivity contribution in [3.63, 3.8) is 0 Å². The number of anilines is 3. The Morgan fingerprint density at radius 2 is 1.51 bits per heavy atom. The highest BCUT2D eigenvalue weighted by Gasteiger charge is 2.53. The first-order valence-corrected chi connectivity index (χ1v) is 30.2. The van der Waals surface area contributed by atoms with Crippen molar-refractivity contribution < 1.29 is 75.6 Å². The van der Waals surface area contributed by atoms with Crippen LogP contribution in [0.1, 0.15) is 70.9 Å². The van der Waals surface area contributed by atoms with Gasteiger partial charge < -0.3 is 54.7 Å².